The van der Waals surface area contributed by atoms with Gasteiger partial charge >= 0.3 is 0 Å². The number of fused-ring (bicyclic) bond motifs is 2. The number of benzene rings is 3. The topological polar surface area (TPSA) is 110 Å². The molecule has 3 aromatic carbocycles. The highest BCUT2D eigenvalue weighted by Crippen LogP contribution is 2.32. The third-order valence-electron chi connectivity index (χ3n) is 6.40. The Morgan fingerprint density at radius 3 is 2.59 bits per heavy atom. The number of ether oxygens (including phenoxy) is 1. The van der Waals surface area contributed by atoms with E-state index in [0.717, 1.165) is 15.8 Å². The van der Waals surface area contributed by atoms with Gasteiger partial charge in [0.1, 0.15) is 0 Å². The van der Waals surface area contributed by atoms with Gasteiger partial charge in [0.25, 0.3) is 15.9 Å². The van der Waals surface area contributed by atoms with Crippen LogP contribution in [0.25, 0.3) is 10.2 Å². The number of carbonyl (C=O) groups is 2. The molecule has 1 aliphatic rings. The molecule has 0 fully saturated rings. The van der Waals surface area contributed by atoms with Crippen LogP contribution >= 0.6 is 11.3 Å². The maximum Gasteiger partial charge on any atom is 0.279 e. The van der Waals surface area contributed by atoms with Crippen molar-refractivity contribution >= 4 is 54.8 Å². The molecule has 0 spiro atoms. The van der Waals surface area contributed by atoms with Gasteiger partial charge in [-0.05, 0) is 67.4 Å². The zero-order valence-electron chi connectivity index (χ0n) is 21.6. The van der Waals surface area contributed by atoms with E-state index in [2.05, 4.69) is 10.3 Å². The lowest BCUT2D eigenvalue weighted by Gasteiger charge is -2.19. The molecule has 0 saturated carbocycles. The quantitative estimate of drug-likeness (QED) is 0.323. The summed E-state index contributed by atoms with van der Waals surface area (Å²) in [6, 6.07) is 18.9. The first-order valence-corrected chi connectivity index (χ1v) is 14.8. The Balaban J connectivity index is 1.45. The third-order valence-corrected chi connectivity index (χ3v) is 9.27. The van der Waals surface area contributed by atoms with Crippen molar-refractivity contribution in [2.24, 2.45) is 4.99 Å². The maximum absolute atomic E-state index is 13.3. The molecule has 1 aromatic heterocycles. The highest BCUT2D eigenvalue weighted by Gasteiger charge is 2.30. The summed E-state index contributed by atoms with van der Waals surface area (Å²) in [5, 5.41) is 2.77. The first-order valence-electron chi connectivity index (χ1n) is 12.6. The summed E-state index contributed by atoms with van der Waals surface area (Å²) in [7, 11) is -3.76. The lowest BCUT2D eigenvalue weighted by Crippen LogP contribution is -2.29. The number of para-hydroxylation sites is 1. The number of sulfonamides is 1. The number of hydrogen-bond acceptors (Lipinski definition) is 6. The fourth-order valence-corrected chi connectivity index (χ4v) is 7.16. The Labute approximate surface area is 230 Å². The SMILES string of the molecule is CCOCCn1c(=NC(=O)c2ccc(S(=O)(=O)N3CCc4ccccc43)cc2)sc2cc(NC(C)=O)ccc21. The Kier molecular flexibility index (Phi) is 7.65. The number of aromatic nitrogens is 1. The third kappa shape index (κ3) is 5.51. The summed E-state index contributed by atoms with van der Waals surface area (Å²) >= 11 is 1.33. The second kappa shape index (κ2) is 11.1. The van der Waals surface area contributed by atoms with E-state index in [4.69, 9.17) is 4.74 Å². The van der Waals surface area contributed by atoms with Crippen LogP contribution < -0.4 is 14.4 Å². The smallest absolute Gasteiger partial charge is 0.279 e. The largest absolute Gasteiger partial charge is 0.380 e. The Hall–Kier alpha value is -3.80. The monoisotopic (exact) mass is 564 g/mol. The second-order valence-corrected chi connectivity index (χ2v) is 11.9. The molecule has 4 aromatic rings. The fourth-order valence-electron chi connectivity index (χ4n) is 4.56. The lowest BCUT2D eigenvalue weighted by molar-refractivity contribution is -0.114. The van der Waals surface area contributed by atoms with E-state index in [9.17, 15) is 18.0 Å². The van der Waals surface area contributed by atoms with Crippen molar-refractivity contribution in [3.05, 3.63) is 82.7 Å². The molecule has 0 aliphatic carbocycles. The number of carbonyl (C=O) groups excluding carboxylic acids is 2. The van der Waals surface area contributed by atoms with Crippen LogP contribution in [0.15, 0.2) is 76.6 Å². The number of rotatable bonds is 8. The Morgan fingerprint density at radius 1 is 1.08 bits per heavy atom. The summed E-state index contributed by atoms with van der Waals surface area (Å²) in [6.45, 7) is 5.25. The van der Waals surface area contributed by atoms with Gasteiger partial charge in [0.15, 0.2) is 4.80 Å². The predicted molar refractivity (Wildman–Crippen MR) is 152 cm³/mol. The molecule has 5 rings (SSSR count). The summed E-state index contributed by atoms with van der Waals surface area (Å²) < 4.78 is 36.3. The van der Waals surface area contributed by atoms with Crippen LogP contribution in [-0.2, 0) is 32.5 Å². The molecule has 2 amide bonds. The van der Waals surface area contributed by atoms with Gasteiger partial charge in [0.2, 0.25) is 5.91 Å². The van der Waals surface area contributed by atoms with E-state index in [1.165, 1.54) is 46.8 Å². The predicted octanol–water partition coefficient (Wildman–Crippen LogP) is 4.19. The van der Waals surface area contributed by atoms with Crippen LogP contribution in [0.1, 0.15) is 29.8 Å². The minimum absolute atomic E-state index is 0.120. The summed E-state index contributed by atoms with van der Waals surface area (Å²) in [4.78, 5) is 29.6. The van der Waals surface area contributed by atoms with Crippen LogP contribution in [0.3, 0.4) is 0 Å². The van der Waals surface area contributed by atoms with Gasteiger partial charge in [-0.15, -0.1) is 0 Å². The van der Waals surface area contributed by atoms with Crippen molar-refractivity contribution in [1.29, 1.82) is 0 Å². The van der Waals surface area contributed by atoms with Crippen molar-refractivity contribution in [2.75, 3.05) is 29.4 Å². The average Bonchev–Trinajstić information content (AvgIpc) is 3.50. The van der Waals surface area contributed by atoms with E-state index in [0.29, 0.717) is 48.9 Å². The van der Waals surface area contributed by atoms with Gasteiger partial charge < -0.3 is 14.6 Å². The van der Waals surface area contributed by atoms with Gasteiger partial charge in [-0.25, -0.2) is 8.42 Å². The van der Waals surface area contributed by atoms with E-state index < -0.39 is 15.9 Å². The molecular weight excluding hydrogens is 536 g/mol. The van der Waals surface area contributed by atoms with E-state index in [1.54, 1.807) is 6.07 Å². The molecule has 11 heteroatoms. The number of nitrogens with zero attached hydrogens (tertiary/aromatic N) is 3. The van der Waals surface area contributed by atoms with Crippen LogP contribution in [-0.4, -0.2) is 44.6 Å². The van der Waals surface area contributed by atoms with Crippen molar-refractivity contribution in [1.82, 2.24) is 4.57 Å². The van der Waals surface area contributed by atoms with Gasteiger partial charge in [-0.3, -0.25) is 13.9 Å². The van der Waals surface area contributed by atoms with Crippen molar-refractivity contribution in [2.45, 2.75) is 31.7 Å². The molecule has 202 valence electrons. The summed E-state index contributed by atoms with van der Waals surface area (Å²) in [5.41, 5.74) is 3.49. The molecule has 0 bridgehead atoms. The zero-order valence-corrected chi connectivity index (χ0v) is 23.2. The van der Waals surface area contributed by atoms with Gasteiger partial charge in [-0.1, -0.05) is 29.5 Å². The van der Waals surface area contributed by atoms with E-state index in [-0.39, 0.29) is 16.4 Å². The molecular formula is C28H28N4O5S2. The molecule has 39 heavy (non-hydrogen) atoms. The zero-order chi connectivity index (χ0) is 27.6. The molecule has 1 aliphatic heterocycles. The Morgan fingerprint density at radius 2 is 1.85 bits per heavy atom. The standard InChI is InChI=1S/C28H28N4O5S2/c1-3-37-17-16-31-25-13-10-22(29-19(2)33)18-26(25)38-28(31)30-27(34)21-8-11-23(12-9-21)39(35,36)32-15-14-20-6-4-5-7-24(20)32/h4-13,18H,3,14-17H2,1-2H3,(H,29,33). The molecule has 1 N–H and O–H groups in total. The van der Waals surface area contributed by atoms with Gasteiger partial charge in [0.05, 0.1) is 27.4 Å². The van der Waals surface area contributed by atoms with Crippen LogP contribution in [0, 0.1) is 0 Å². The number of anilines is 2. The number of nitrogens with one attached hydrogen (secondary N) is 1. The molecule has 0 saturated heterocycles. The van der Waals surface area contributed by atoms with Crippen molar-refractivity contribution < 1.29 is 22.7 Å². The number of hydrogen-bond donors (Lipinski definition) is 1. The maximum atomic E-state index is 13.3. The molecule has 0 atom stereocenters. The normalized spacial score (nSPS) is 13.6. The first-order chi connectivity index (χ1) is 18.8. The minimum atomic E-state index is -3.76. The Bertz CT molecular complexity index is 1720. The van der Waals surface area contributed by atoms with Gasteiger partial charge in [-0.2, -0.15) is 4.99 Å². The first kappa shape index (κ1) is 26.8. The van der Waals surface area contributed by atoms with Crippen molar-refractivity contribution in [3.63, 3.8) is 0 Å². The summed E-state index contributed by atoms with van der Waals surface area (Å²) in [5.74, 6) is -0.654. The van der Waals surface area contributed by atoms with E-state index in [1.807, 2.05) is 47.9 Å². The van der Waals surface area contributed by atoms with Crippen LogP contribution in [0.4, 0.5) is 11.4 Å². The molecule has 0 radical (unpaired) electrons. The highest BCUT2D eigenvalue weighted by molar-refractivity contribution is 7.92. The van der Waals surface area contributed by atoms with E-state index >= 15 is 0 Å². The number of amides is 2. The van der Waals surface area contributed by atoms with Crippen molar-refractivity contribution in [3.8, 4) is 0 Å². The molecule has 2 heterocycles. The fraction of sp³-hybridized carbons (Fsp3) is 0.250. The lowest BCUT2D eigenvalue weighted by atomic mass is 10.2. The summed E-state index contributed by atoms with van der Waals surface area (Å²) in [6.07, 6.45) is 0.662. The number of thiazole rings is 1. The average molecular weight is 565 g/mol. The molecule has 0 unspecified atom stereocenters. The molecule has 9 nitrogen and oxygen atoms in total. The van der Waals surface area contributed by atoms with Gasteiger partial charge in [0, 0.05) is 37.9 Å². The van der Waals surface area contributed by atoms with Crippen LogP contribution in [0.2, 0.25) is 0 Å². The van der Waals surface area contributed by atoms with Crippen LogP contribution in [0.5, 0.6) is 0 Å². The highest BCUT2D eigenvalue weighted by atomic mass is 32.2. The second-order valence-electron chi connectivity index (χ2n) is 8.99. The minimum Gasteiger partial charge on any atom is -0.380 e.